The van der Waals surface area contributed by atoms with Gasteiger partial charge in [0.15, 0.2) is 0 Å². The summed E-state index contributed by atoms with van der Waals surface area (Å²) in [7, 11) is 4.37. The van der Waals surface area contributed by atoms with E-state index in [1.54, 1.807) is 0 Å². The van der Waals surface area contributed by atoms with Gasteiger partial charge in [-0.25, -0.2) is 0 Å². The average Bonchev–Trinajstić information content (AvgIpc) is 2.66. The molecule has 2 aromatic rings. The zero-order chi connectivity index (χ0) is 15.1. The summed E-state index contributed by atoms with van der Waals surface area (Å²) in [5, 5.41) is 0. The molecule has 114 valence electrons. The number of para-hydroxylation sites is 2. The Labute approximate surface area is 133 Å². The number of anilines is 2. The number of nitrogens with zero attached hydrogens (tertiary/aromatic N) is 2. The van der Waals surface area contributed by atoms with Crippen molar-refractivity contribution in [1.29, 1.82) is 0 Å². The van der Waals surface area contributed by atoms with E-state index >= 15 is 0 Å². The third-order valence-electron chi connectivity index (χ3n) is 4.99. The Hall–Kier alpha value is -1.80. The van der Waals surface area contributed by atoms with Gasteiger partial charge >= 0.3 is 0 Å². The minimum absolute atomic E-state index is 0.698. The van der Waals surface area contributed by atoms with E-state index in [9.17, 15) is 0 Å². The van der Waals surface area contributed by atoms with Crippen molar-refractivity contribution in [3.8, 4) is 0 Å². The lowest BCUT2D eigenvalue weighted by Crippen LogP contribution is -2.37. The molecule has 0 amide bonds. The van der Waals surface area contributed by atoms with Gasteiger partial charge in [-0.2, -0.15) is 0 Å². The molecule has 22 heavy (non-hydrogen) atoms. The van der Waals surface area contributed by atoms with E-state index in [1.807, 2.05) is 0 Å². The summed E-state index contributed by atoms with van der Waals surface area (Å²) < 4.78 is 0. The fourth-order valence-corrected chi connectivity index (χ4v) is 4.20. The van der Waals surface area contributed by atoms with Gasteiger partial charge in [-0.3, -0.25) is 0 Å². The van der Waals surface area contributed by atoms with Crippen LogP contribution >= 0.6 is 0 Å². The second-order valence-corrected chi connectivity index (χ2v) is 7.00. The third kappa shape index (κ3) is 2.32. The molecular formula is C20H24N2. The van der Waals surface area contributed by atoms with Crippen molar-refractivity contribution in [1.82, 2.24) is 4.90 Å². The molecule has 2 aliphatic rings. The lowest BCUT2D eigenvalue weighted by atomic mass is 9.89. The zero-order valence-corrected chi connectivity index (χ0v) is 13.5. The maximum absolute atomic E-state index is 2.60. The van der Waals surface area contributed by atoms with Gasteiger partial charge in [0.05, 0.1) is 0 Å². The van der Waals surface area contributed by atoms with Crippen LogP contribution in [0, 0.1) is 5.92 Å². The van der Waals surface area contributed by atoms with Crippen molar-refractivity contribution in [2.75, 3.05) is 32.1 Å². The molecule has 0 radical (unpaired) electrons. The van der Waals surface area contributed by atoms with Crippen molar-refractivity contribution in [2.24, 2.45) is 5.92 Å². The lowest BCUT2D eigenvalue weighted by Gasteiger charge is -2.38. The molecule has 4 rings (SSSR count). The predicted octanol–water partition coefficient (Wildman–Crippen LogP) is 3.66. The van der Waals surface area contributed by atoms with E-state index in [0.717, 1.165) is 25.9 Å². The maximum Gasteiger partial charge on any atom is 0.0476 e. The minimum Gasteiger partial charge on any atom is -0.340 e. The minimum atomic E-state index is 0.698. The number of aryl methyl sites for hydroxylation is 2. The highest BCUT2D eigenvalue weighted by atomic mass is 15.2. The van der Waals surface area contributed by atoms with E-state index in [1.165, 1.54) is 34.5 Å². The molecule has 0 N–H and O–H groups in total. The highest BCUT2D eigenvalue weighted by Gasteiger charge is 2.30. The van der Waals surface area contributed by atoms with Gasteiger partial charge in [0.1, 0.15) is 0 Å². The fraction of sp³-hybridized carbons (Fsp3) is 0.400. The quantitative estimate of drug-likeness (QED) is 0.833. The van der Waals surface area contributed by atoms with Crippen molar-refractivity contribution < 1.29 is 0 Å². The Morgan fingerprint density at radius 2 is 1.68 bits per heavy atom. The van der Waals surface area contributed by atoms with E-state index in [4.69, 9.17) is 0 Å². The Balaban J connectivity index is 1.83. The second kappa shape index (κ2) is 5.44. The smallest absolute Gasteiger partial charge is 0.0476 e. The summed E-state index contributed by atoms with van der Waals surface area (Å²) in [6, 6.07) is 15.9. The summed E-state index contributed by atoms with van der Waals surface area (Å²) in [6.07, 6.45) is 3.52. The van der Waals surface area contributed by atoms with Gasteiger partial charge in [-0.05, 0) is 62.0 Å². The van der Waals surface area contributed by atoms with Crippen LogP contribution in [-0.4, -0.2) is 32.1 Å². The molecule has 0 saturated heterocycles. The number of fused-ring (bicyclic) bond motifs is 2. The van der Waals surface area contributed by atoms with Crippen LogP contribution in [0.4, 0.5) is 11.4 Å². The number of hydrogen-bond acceptors (Lipinski definition) is 2. The van der Waals surface area contributed by atoms with E-state index in [0.29, 0.717) is 5.92 Å². The Morgan fingerprint density at radius 3 is 2.55 bits per heavy atom. The predicted molar refractivity (Wildman–Crippen MR) is 93.0 cm³/mol. The first-order chi connectivity index (χ1) is 10.7. The number of hydrogen-bond donors (Lipinski definition) is 0. The average molecular weight is 292 g/mol. The number of rotatable bonds is 2. The summed E-state index contributed by atoms with van der Waals surface area (Å²) in [4.78, 5) is 4.92. The molecule has 1 atom stereocenters. The third-order valence-corrected chi connectivity index (χ3v) is 4.99. The molecule has 0 aromatic heterocycles. The molecule has 2 aromatic carbocycles. The molecular weight excluding hydrogens is 268 g/mol. The van der Waals surface area contributed by atoms with Crippen molar-refractivity contribution >= 4 is 11.4 Å². The Bertz CT molecular complexity index is 690. The second-order valence-electron chi connectivity index (χ2n) is 7.00. The van der Waals surface area contributed by atoms with Crippen molar-refractivity contribution in [3.05, 3.63) is 59.2 Å². The largest absolute Gasteiger partial charge is 0.340 e. The summed E-state index contributed by atoms with van der Waals surface area (Å²) in [6.45, 7) is 2.29. The Kier molecular flexibility index (Phi) is 3.42. The van der Waals surface area contributed by atoms with Crippen LogP contribution < -0.4 is 4.90 Å². The standard InChI is InChI=1S/C20H24N2/c1-21(2)13-15-12-18-8-5-7-17-11-10-16-6-3-4-9-19(16)22(14-15)20(17)18/h3-9,15H,10-14H2,1-2H3. The van der Waals surface area contributed by atoms with Crippen LogP contribution in [-0.2, 0) is 19.3 Å². The van der Waals surface area contributed by atoms with Gasteiger partial charge in [-0.1, -0.05) is 36.4 Å². The molecule has 0 bridgehead atoms. The molecule has 0 fully saturated rings. The lowest BCUT2D eigenvalue weighted by molar-refractivity contribution is 0.322. The summed E-state index contributed by atoms with van der Waals surface area (Å²) in [5.41, 5.74) is 7.49. The molecule has 2 heteroatoms. The first-order valence-electron chi connectivity index (χ1n) is 8.33. The zero-order valence-electron chi connectivity index (χ0n) is 13.5. The van der Waals surface area contributed by atoms with Crippen LogP contribution in [0.5, 0.6) is 0 Å². The van der Waals surface area contributed by atoms with Gasteiger partial charge in [0.2, 0.25) is 0 Å². The van der Waals surface area contributed by atoms with Crippen LogP contribution in [0.2, 0.25) is 0 Å². The number of benzene rings is 2. The molecule has 2 aliphatic heterocycles. The summed E-state index contributed by atoms with van der Waals surface area (Å²) >= 11 is 0. The SMILES string of the molecule is CN(C)CC1Cc2cccc3c2N(C1)c1ccccc1CC3. The van der Waals surface area contributed by atoms with Gasteiger partial charge in [0, 0.05) is 24.5 Å². The van der Waals surface area contributed by atoms with Crippen LogP contribution in [0.1, 0.15) is 16.7 Å². The van der Waals surface area contributed by atoms with Crippen molar-refractivity contribution in [2.45, 2.75) is 19.3 Å². The normalized spacial score (nSPS) is 19.6. The monoisotopic (exact) mass is 292 g/mol. The van der Waals surface area contributed by atoms with Crippen molar-refractivity contribution in [3.63, 3.8) is 0 Å². The van der Waals surface area contributed by atoms with Gasteiger partial charge in [-0.15, -0.1) is 0 Å². The van der Waals surface area contributed by atoms with Crippen LogP contribution in [0.3, 0.4) is 0 Å². The molecule has 2 heterocycles. The van der Waals surface area contributed by atoms with Gasteiger partial charge < -0.3 is 9.80 Å². The molecule has 0 aliphatic carbocycles. The maximum atomic E-state index is 2.60. The van der Waals surface area contributed by atoms with E-state index in [-0.39, 0.29) is 0 Å². The van der Waals surface area contributed by atoms with Crippen LogP contribution in [0.25, 0.3) is 0 Å². The molecule has 0 saturated carbocycles. The van der Waals surface area contributed by atoms with Crippen LogP contribution in [0.15, 0.2) is 42.5 Å². The van der Waals surface area contributed by atoms with Gasteiger partial charge in [0.25, 0.3) is 0 Å². The topological polar surface area (TPSA) is 6.48 Å². The summed E-state index contributed by atoms with van der Waals surface area (Å²) in [5.74, 6) is 0.698. The first-order valence-corrected chi connectivity index (χ1v) is 8.33. The highest BCUT2D eigenvalue weighted by molar-refractivity contribution is 5.75. The fourth-order valence-electron chi connectivity index (χ4n) is 4.20. The first kappa shape index (κ1) is 13.8. The van der Waals surface area contributed by atoms with E-state index in [2.05, 4.69) is 66.4 Å². The molecule has 2 nitrogen and oxygen atoms in total. The van der Waals surface area contributed by atoms with E-state index < -0.39 is 0 Å². The molecule has 1 unspecified atom stereocenters. The Morgan fingerprint density at radius 1 is 0.955 bits per heavy atom. The molecule has 0 spiro atoms. The highest BCUT2D eigenvalue weighted by Crippen LogP contribution is 2.42.